The van der Waals surface area contributed by atoms with Gasteiger partial charge in [0, 0.05) is 13.5 Å². The quantitative estimate of drug-likeness (QED) is 0.0534. The van der Waals surface area contributed by atoms with E-state index in [2.05, 4.69) is 17.9 Å². The Bertz CT molecular complexity index is 653. The van der Waals surface area contributed by atoms with Crippen molar-refractivity contribution in [3.05, 3.63) is 0 Å². The third kappa shape index (κ3) is 22.0. The molecule has 1 aliphatic heterocycles. The Morgan fingerprint density at radius 2 is 1.05 bits per heavy atom. The Labute approximate surface area is 268 Å². The lowest BCUT2D eigenvalue weighted by molar-refractivity contribution is -0.272. The first kappa shape index (κ1) is 41.4. The van der Waals surface area contributed by atoms with Gasteiger partial charge in [-0.05, 0) is 18.6 Å². The number of hydrogen-bond acceptors (Lipinski definition) is 13. The van der Waals surface area contributed by atoms with Crippen LogP contribution in [-0.2, 0) is 42.7 Å². The van der Waals surface area contributed by atoms with Crippen LogP contribution in [0.4, 0.5) is 0 Å². The van der Waals surface area contributed by atoms with E-state index in [1.54, 1.807) is 0 Å². The highest BCUT2D eigenvalue weighted by molar-refractivity contribution is 7.80. The third-order valence-electron chi connectivity index (χ3n) is 6.82. The lowest BCUT2D eigenvalue weighted by Crippen LogP contribution is -2.64. The normalized spacial score (nSPS) is 22.0. The number of hydrogen-bond donors (Lipinski definition) is 5. The molecule has 0 radical (unpaired) electrons. The standard InChI is InChI=1S/C30H59NO12S/c1-25(33)31-27-29(35)28(34)26(24-32)43-30(27)42-22-21-41-20-19-40-18-17-39-16-15-38-14-13-37-12-11-36-10-8-6-4-2-3-5-7-9-23-44/h26-30,32,34-35,44H,2-24H2,1H3,(H,31,33)/t26?,27?,28-,29?,30-/m1/s1. The maximum Gasteiger partial charge on any atom is 0.217 e. The summed E-state index contributed by atoms with van der Waals surface area (Å²) in [7, 11) is 0. The number of unbranched alkanes of at least 4 members (excludes halogenated alkanes) is 7. The number of thiol groups is 1. The smallest absolute Gasteiger partial charge is 0.217 e. The van der Waals surface area contributed by atoms with Crippen molar-refractivity contribution in [2.24, 2.45) is 0 Å². The summed E-state index contributed by atoms with van der Waals surface area (Å²) in [6, 6.07) is -0.977. The Balaban J connectivity index is 1.81. The van der Waals surface area contributed by atoms with Crippen molar-refractivity contribution in [1.82, 2.24) is 5.32 Å². The number of aliphatic hydroxyl groups is 3. The van der Waals surface area contributed by atoms with Crippen molar-refractivity contribution in [2.45, 2.75) is 88.9 Å². The molecule has 0 aliphatic carbocycles. The maximum absolute atomic E-state index is 11.4. The molecule has 262 valence electrons. The molecule has 0 saturated carbocycles. The fourth-order valence-electron chi connectivity index (χ4n) is 4.41. The van der Waals surface area contributed by atoms with Crippen molar-refractivity contribution in [3.63, 3.8) is 0 Å². The number of carbonyl (C=O) groups is 1. The van der Waals surface area contributed by atoms with E-state index in [1.807, 2.05) is 0 Å². The average Bonchev–Trinajstić information content (AvgIpc) is 3.01. The van der Waals surface area contributed by atoms with E-state index >= 15 is 0 Å². The van der Waals surface area contributed by atoms with Gasteiger partial charge in [0.1, 0.15) is 24.4 Å². The predicted molar refractivity (Wildman–Crippen MR) is 167 cm³/mol. The van der Waals surface area contributed by atoms with Crippen LogP contribution in [0.1, 0.15) is 58.3 Å². The van der Waals surface area contributed by atoms with Gasteiger partial charge in [0.15, 0.2) is 6.29 Å². The monoisotopic (exact) mass is 657 g/mol. The number of ether oxygens (including phenoxy) is 8. The van der Waals surface area contributed by atoms with Gasteiger partial charge in [-0.1, -0.05) is 38.5 Å². The third-order valence-corrected chi connectivity index (χ3v) is 7.13. The summed E-state index contributed by atoms with van der Waals surface area (Å²) in [5.41, 5.74) is 0. The van der Waals surface area contributed by atoms with Gasteiger partial charge in [0.05, 0.1) is 85.9 Å². The summed E-state index contributed by atoms with van der Waals surface area (Å²) in [5.74, 6) is 0.591. The average molecular weight is 658 g/mol. The van der Waals surface area contributed by atoms with E-state index in [0.717, 1.165) is 18.8 Å². The minimum Gasteiger partial charge on any atom is -0.394 e. The zero-order chi connectivity index (χ0) is 32.1. The number of carbonyl (C=O) groups excluding carboxylic acids is 1. The van der Waals surface area contributed by atoms with E-state index in [-0.39, 0.29) is 13.2 Å². The molecular formula is C30H59NO12S. The minimum absolute atomic E-state index is 0.113. The summed E-state index contributed by atoms with van der Waals surface area (Å²) in [6.07, 6.45) is 5.40. The molecule has 1 heterocycles. The number of amides is 1. The highest BCUT2D eigenvalue weighted by Gasteiger charge is 2.45. The lowest BCUT2D eigenvalue weighted by atomic mass is 9.97. The highest BCUT2D eigenvalue weighted by Crippen LogP contribution is 2.22. The molecule has 13 nitrogen and oxygen atoms in total. The van der Waals surface area contributed by atoms with Crippen molar-refractivity contribution in [2.75, 3.05) is 98.2 Å². The van der Waals surface area contributed by atoms with E-state index in [1.165, 1.54) is 51.9 Å². The fraction of sp³-hybridized carbons (Fsp3) is 0.967. The van der Waals surface area contributed by atoms with Gasteiger partial charge in [0.2, 0.25) is 5.91 Å². The fourth-order valence-corrected chi connectivity index (χ4v) is 4.64. The molecule has 1 fully saturated rings. The van der Waals surface area contributed by atoms with Gasteiger partial charge >= 0.3 is 0 Å². The molecule has 4 N–H and O–H groups in total. The van der Waals surface area contributed by atoms with Gasteiger partial charge in [-0.25, -0.2) is 0 Å². The summed E-state index contributed by atoms with van der Waals surface area (Å²) >= 11 is 4.24. The minimum atomic E-state index is -1.35. The van der Waals surface area contributed by atoms with Crippen molar-refractivity contribution in [1.29, 1.82) is 0 Å². The maximum atomic E-state index is 11.4. The van der Waals surface area contributed by atoms with E-state index in [4.69, 9.17) is 37.9 Å². The highest BCUT2D eigenvalue weighted by atomic mass is 32.1. The second-order valence-electron chi connectivity index (χ2n) is 10.5. The SMILES string of the molecule is CC(=O)NC1C(O)[C@H](O)C(CO)O[C@H]1OCCOCCOCCOCCOCCOCCOCCCCCCCCCCS. The van der Waals surface area contributed by atoms with Crippen LogP contribution >= 0.6 is 12.6 Å². The molecule has 0 aromatic heterocycles. The van der Waals surface area contributed by atoms with E-state index in [9.17, 15) is 20.1 Å². The molecular weight excluding hydrogens is 598 g/mol. The molecule has 5 atom stereocenters. The largest absolute Gasteiger partial charge is 0.394 e. The second-order valence-corrected chi connectivity index (χ2v) is 11.0. The van der Waals surface area contributed by atoms with Crippen LogP contribution in [0.3, 0.4) is 0 Å². The van der Waals surface area contributed by atoms with E-state index < -0.39 is 43.2 Å². The summed E-state index contributed by atoms with van der Waals surface area (Å²) in [6.45, 7) is 6.71. The van der Waals surface area contributed by atoms with Crippen molar-refractivity contribution < 1.29 is 58.0 Å². The molecule has 1 saturated heterocycles. The van der Waals surface area contributed by atoms with Gasteiger partial charge in [-0.3, -0.25) is 4.79 Å². The van der Waals surface area contributed by atoms with Crippen LogP contribution in [-0.4, -0.2) is 150 Å². The van der Waals surface area contributed by atoms with Gasteiger partial charge < -0.3 is 58.5 Å². The second kappa shape index (κ2) is 29.8. The first-order chi connectivity index (χ1) is 21.5. The Hall–Kier alpha value is -0.620. The molecule has 0 aromatic carbocycles. The summed E-state index contributed by atoms with van der Waals surface area (Å²) in [5, 5.41) is 32.1. The van der Waals surface area contributed by atoms with Gasteiger partial charge in [-0.15, -0.1) is 0 Å². The van der Waals surface area contributed by atoms with Crippen LogP contribution in [0.25, 0.3) is 0 Å². The van der Waals surface area contributed by atoms with Crippen LogP contribution < -0.4 is 5.32 Å². The first-order valence-electron chi connectivity index (χ1n) is 16.1. The molecule has 44 heavy (non-hydrogen) atoms. The van der Waals surface area contributed by atoms with E-state index in [0.29, 0.717) is 66.1 Å². The van der Waals surface area contributed by atoms with Gasteiger partial charge in [0.25, 0.3) is 0 Å². The zero-order valence-corrected chi connectivity index (χ0v) is 27.5. The Morgan fingerprint density at radius 3 is 1.48 bits per heavy atom. The molecule has 1 amide bonds. The zero-order valence-electron chi connectivity index (χ0n) is 26.6. The summed E-state index contributed by atoms with van der Waals surface area (Å²) < 4.78 is 44.1. The van der Waals surface area contributed by atoms with Crippen LogP contribution in [0.5, 0.6) is 0 Å². The van der Waals surface area contributed by atoms with Crippen LogP contribution in [0.2, 0.25) is 0 Å². The molecule has 0 spiro atoms. The molecule has 0 aromatic rings. The summed E-state index contributed by atoms with van der Waals surface area (Å²) in [4.78, 5) is 11.4. The molecule has 14 heteroatoms. The van der Waals surface area contributed by atoms with Crippen LogP contribution in [0.15, 0.2) is 0 Å². The Morgan fingerprint density at radius 1 is 0.636 bits per heavy atom. The Kier molecular flexibility index (Phi) is 28.0. The predicted octanol–water partition coefficient (Wildman–Crippen LogP) is 1.10. The molecule has 1 rings (SSSR count). The topological polar surface area (TPSA) is 164 Å². The lowest BCUT2D eigenvalue weighted by Gasteiger charge is -2.42. The molecule has 1 aliphatic rings. The molecule has 3 unspecified atom stereocenters. The van der Waals surface area contributed by atoms with Gasteiger partial charge in [-0.2, -0.15) is 12.6 Å². The first-order valence-corrected chi connectivity index (χ1v) is 16.7. The molecule has 0 bridgehead atoms. The van der Waals surface area contributed by atoms with Crippen LogP contribution in [0, 0.1) is 0 Å². The number of nitrogens with one attached hydrogen (secondary N) is 1. The van der Waals surface area contributed by atoms with Crippen molar-refractivity contribution in [3.8, 4) is 0 Å². The van der Waals surface area contributed by atoms with Crippen molar-refractivity contribution >= 4 is 18.5 Å². The number of rotatable bonds is 31. The number of aliphatic hydroxyl groups excluding tert-OH is 3.